The van der Waals surface area contributed by atoms with Crippen molar-refractivity contribution in [1.82, 2.24) is 29.7 Å². The van der Waals surface area contributed by atoms with E-state index in [4.69, 9.17) is 14.7 Å². The summed E-state index contributed by atoms with van der Waals surface area (Å²) in [6.45, 7) is 6.41. The van der Waals surface area contributed by atoms with Crippen LogP contribution in [0.4, 0.5) is 5.82 Å². The third-order valence-corrected chi connectivity index (χ3v) is 5.59. The van der Waals surface area contributed by atoms with Crippen molar-refractivity contribution >= 4 is 16.9 Å². The Bertz CT molecular complexity index is 1180. The molecule has 5 heterocycles. The molecule has 1 aliphatic rings. The zero-order chi connectivity index (χ0) is 20.0. The number of nitrogens with zero attached hydrogens (tertiary/aromatic N) is 6. The minimum atomic E-state index is 0.249. The molecule has 1 saturated heterocycles. The monoisotopic (exact) mass is 389 g/mol. The maximum absolute atomic E-state index is 5.62. The molecular formula is C21H23N7O. The lowest BCUT2D eigenvalue weighted by Gasteiger charge is -2.34. The van der Waals surface area contributed by atoms with E-state index < -0.39 is 0 Å². The van der Waals surface area contributed by atoms with E-state index in [2.05, 4.69) is 39.9 Å². The lowest BCUT2D eigenvalue weighted by Crippen LogP contribution is -2.44. The fraction of sp³-hybridized carbons (Fsp3) is 0.333. The minimum absolute atomic E-state index is 0.249. The van der Waals surface area contributed by atoms with Gasteiger partial charge in [0.05, 0.1) is 31.1 Å². The number of aryl methyl sites for hydroxylation is 1. The summed E-state index contributed by atoms with van der Waals surface area (Å²) in [5.41, 5.74) is 4.74. The molecule has 148 valence electrons. The van der Waals surface area contributed by atoms with Gasteiger partial charge in [-0.05, 0) is 26.0 Å². The molecule has 8 heteroatoms. The van der Waals surface area contributed by atoms with Crippen molar-refractivity contribution in [3.05, 3.63) is 42.5 Å². The fourth-order valence-electron chi connectivity index (χ4n) is 3.81. The van der Waals surface area contributed by atoms with Gasteiger partial charge in [0.1, 0.15) is 11.5 Å². The number of anilines is 1. The molecule has 29 heavy (non-hydrogen) atoms. The molecule has 8 nitrogen and oxygen atoms in total. The molecule has 0 aromatic carbocycles. The molecule has 5 rings (SSSR count). The summed E-state index contributed by atoms with van der Waals surface area (Å²) in [5, 5.41) is 5.41. The van der Waals surface area contributed by atoms with E-state index in [1.54, 1.807) is 6.20 Å². The van der Waals surface area contributed by atoms with E-state index >= 15 is 0 Å². The lowest BCUT2D eigenvalue weighted by molar-refractivity contribution is 0.0985. The Balaban J connectivity index is 1.72. The third-order valence-electron chi connectivity index (χ3n) is 5.59. The molecule has 4 aromatic rings. The van der Waals surface area contributed by atoms with Gasteiger partial charge in [-0.15, -0.1) is 0 Å². The fourth-order valence-corrected chi connectivity index (χ4v) is 3.81. The van der Waals surface area contributed by atoms with E-state index in [9.17, 15) is 0 Å². The van der Waals surface area contributed by atoms with Gasteiger partial charge in [0.2, 0.25) is 0 Å². The number of fused-ring (bicyclic) bond motifs is 1. The number of aromatic nitrogens is 6. The van der Waals surface area contributed by atoms with Crippen molar-refractivity contribution in [2.45, 2.75) is 19.9 Å². The van der Waals surface area contributed by atoms with Crippen LogP contribution in [0.3, 0.4) is 0 Å². The quantitative estimate of drug-likeness (QED) is 0.580. The first kappa shape index (κ1) is 17.8. The Morgan fingerprint density at radius 2 is 2.10 bits per heavy atom. The molecule has 0 aliphatic carbocycles. The number of hydrogen-bond acceptors (Lipinski definition) is 6. The normalized spacial score (nSPS) is 17.2. The van der Waals surface area contributed by atoms with Crippen molar-refractivity contribution in [2.24, 2.45) is 7.05 Å². The largest absolute Gasteiger partial charge is 0.377 e. The SMILES string of the molecule is Cc1c(-c2cc(N3CCOCC3C)nc(-c3ccnc4[nH]ccc34)n2)cnn1C. The van der Waals surface area contributed by atoms with Gasteiger partial charge >= 0.3 is 0 Å². The van der Waals surface area contributed by atoms with Crippen LogP contribution in [-0.2, 0) is 11.8 Å². The van der Waals surface area contributed by atoms with Crippen LogP contribution in [0.5, 0.6) is 0 Å². The second kappa shape index (κ2) is 6.97. The number of aromatic amines is 1. The number of rotatable bonds is 3. The Kier molecular flexibility index (Phi) is 4.28. The van der Waals surface area contributed by atoms with Crippen molar-refractivity contribution in [3.8, 4) is 22.6 Å². The van der Waals surface area contributed by atoms with E-state index in [0.29, 0.717) is 19.0 Å². The maximum atomic E-state index is 5.62. The molecule has 0 radical (unpaired) electrons. The van der Waals surface area contributed by atoms with Gasteiger partial charge < -0.3 is 14.6 Å². The number of pyridine rings is 1. The molecule has 1 aliphatic heterocycles. The summed E-state index contributed by atoms with van der Waals surface area (Å²) in [6, 6.07) is 6.29. The highest BCUT2D eigenvalue weighted by Crippen LogP contribution is 2.31. The third kappa shape index (κ3) is 3.05. The van der Waals surface area contributed by atoms with Gasteiger partial charge in [-0.3, -0.25) is 4.68 Å². The Morgan fingerprint density at radius 1 is 1.21 bits per heavy atom. The summed E-state index contributed by atoms with van der Waals surface area (Å²) < 4.78 is 7.49. The highest BCUT2D eigenvalue weighted by Gasteiger charge is 2.23. The van der Waals surface area contributed by atoms with E-state index in [1.165, 1.54) is 0 Å². The summed E-state index contributed by atoms with van der Waals surface area (Å²) in [6.07, 6.45) is 5.55. The van der Waals surface area contributed by atoms with Gasteiger partial charge in [-0.1, -0.05) is 0 Å². The summed E-state index contributed by atoms with van der Waals surface area (Å²) in [4.78, 5) is 19.7. The molecule has 0 amide bonds. The van der Waals surface area contributed by atoms with Gasteiger partial charge in [0, 0.05) is 54.3 Å². The molecule has 0 bridgehead atoms. The standard InChI is InChI=1S/C21H23N7O/c1-13-12-29-9-8-28(13)19-10-18(17-11-24-27(3)14(17)2)25-21(26-19)16-5-7-23-20-15(16)4-6-22-20/h4-7,10-11,13H,8-9,12H2,1-3H3,(H,22,23). The van der Waals surface area contributed by atoms with Crippen LogP contribution < -0.4 is 4.90 Å². The second-order valence-electron chi connectivity index (χ2n) is 7.42. The number of H-pyrrole nitrogens is 1. The van der Waals surface area contributed by atoms with Crippen LogP contribution in [0.25, 0.3) is 33.7 Å². The number of morpholine rings is 1. The predicted octanol–water partition coefficient (Wildman–Crippen LogP) is 2.95. The summed E-state index contributed by atoms with van der Waals surface area (Å²) in [5.74, 6) is 1.59. The average molecular weight is 389 g/mol. The maximum Gasteiger partial charge on any atom is 0.162 e. The lowest BCUT2D eigenvalue weighted by atomic mass is 10.1. The van der Waals surface area contributed by atoms with Gasteiger partial charge in [-0.25, -0.2) is 15.0 Å². The second-order valence-corrected chi connectivity index (χ2v) is 7.42. The Morgan fingerprint density at radius 3 is 2.90 bits per heavy atom. The molecule has 1 N–H and O–H groups in total. The Labute approximate surface area is 168 Å². The first-order valence-electron chi connectivity index (χ1n) is 9.76. The molecule has 0 saturated carbocycles. The van der Waals surface area contributed by atoms with Crippen LogP contribution in [0.2, 0.25) is 0 Å². The van der Waals surface area contributed by atoms with Gasteiger partial charge in [0.15, 0.2) is 5.82 Å². The zero-order valence-corrected chi connectivity index (χ0v) is 16.8. The molecular weight excluding hydrogens is 366 g/mol. The summed E-state index contributed by atoms with van der Waals surface area (Å²) >= 11 is 0. The molecule has 1 fully saturated rings. The molecule has 4 aromatic heterocycles. The van der Waals surface area contributed by atoms with E-state index in [1.807, 2.05) is 36.3 Å². The highest BCUT2D eigenvalue weighted by atomic mass is 16.5. The Hall–Kier alpha value is -3.26. The van der Waals surface area contributed by atoms with Crippen LogP contribution in [0, 0.1) is 6.92 Å². The van der Waals surface area contributed by atoms with Crippen molar-refractivity contribution < 1.29 is 4.74 Å². The number of hydrogen-bond donors (Lipinski definition) is 1. The first-order chi connectivity index (χ1) is 14.1. The van der Waals surface area contributed by atoms with Crippen molar-refractivity contribution in [2.75, 3.05) is 24.7 Å². The minimum Gasteiger partial charge on any atom is -0.377 e. The predicted molar refractivity (Wildman–Crippen MR) is 112 cm³/mol. The summed E-state index contributed by atoms with van der Waals surface area (Å²) in [7, 11) is 1.94. The van der Waals surface area contributed by atoms with Crippen LogP contribution in [0.15, 0.2) is 36.8 Å². The van der Waals surface area contributed by atoms with Gasteiger partial charge in [0.25, 0.3) is 0 Å². The molecule has 1 unspecified atom stereocenters. The molecule has 0 spiro atoms. The van der Waals surface area contributed by atoms with Crippen LogP contribution in [0.1, 0.15) is 12.6 Å². The molecule has 1 atom stereocenters. The smallest absolute Gasteiger partial charge is 0.162 e. The number of nitrogens with one attached hydrogen (secondary N) is 1. The van der Waals surface area contributed by atoms with Gasteiger partial charge in [-0.2, -0.15) is 5.10 Å². The van der Waals surface area contributed by atoms with Crippen molar-refractivity contribution in [1.29, 1.82) is 0 Å². The number of ether oxygens (including phenoxy) is 1. The first-order valence-corrected chi connectivity index (χ1v) is 9.76. The topological polar surface area (TPSA) is 84.8 Å². The highest BCUT2D eigenvalue weighted by molar-refractivity contribution is 5.91. The van der Waals surface area contributed by atoms with Crippen molar-refractivity contribution in [3.63, 3.8) is 0 Å². The van der Waals surface area contributed by atoms with Crippen LogP contribution in [-0.4, -0.2) is 55.5 Å². The van der Waals surface area contributed by atoms with E-state index in [-0.39, 0.29) is 6.04 Å². The average Bonchev–Trinajstić information content (AvgIpc) is 3.35. The van der Waals surface area contributed by atoms with E-state index in [0.717, 1.165) is 45.9 Å². The zero-order valence-electron chi connectivity index (χ0n) is 16.8. The van der Waals surface area contributed by atoms with Crippen LogP contribution >= 0.6 is 0 Å².